The lowest BCUT2D eigenvalue weighted by atomic mass is 10.0. The van der Waals surface area contributed by atoms with E-state index in [9.17, 15) is 5.11 Å². The molecule has 2 atom stereocenters. The molecule has 19 heavy (non-hydrogen) atoms. The van der Waals surface area contributed by atoms with Gasteiger partial charge in [0, 0.05) is 14.7 Å². The van der Waals surface area contributed by atoms with Crippen molar-refractivity contribution in [1.29, 1.82) is 0 Å². The van der Waals surface area contributed by atoms with E-state index in [0.717, 1.165) is 11.6 Å². The van der Waals surface area contributed by atoms with Crippen molar-refractivity contribution in [1.82, 2.24) is 0 Å². The monoisotopic (exact) mass is 278 g/mol. The molecule has 0 radical (unpaired) electrons. The summed E-state index contributed by atoms with van der Waals surface area (Å²) in [5.74, 6) is 0. The molecule has 1 rings (SSSR count). The Hall–Kier alpha value is -0.903. The average molecular weight is 278 g/mol. The quantitative estimate of drug-likeness (QED) is 0.603. The molecule has 0 unspecified atom stereocenters. The van der Waals surface area contributed by atoms with Crippen molar-refractivity contribution in [3.05, 3.63) is 48.0 Å². The zero-order chi connectivity index (χ0) is 14.3. The van der Waals surface area contributed by atoms with Crippen LogP contribution in [0.2, 0.25) is 25.7 Å². The summed E-state index contributed by atoms with van der Waals surface area (Å²) < 4.78 is 5.65. The van der Waals surface area contributed by atoms with E-state index >= 15 is 0 Å². The van der Waals surface area contributed by atoms with Crippen LogP contribution >= 0.6 is 0 Å². The van der Waals surface area contributed by atoms with Crippen LogP contribution in [-0.4, -0.2) is 25.9 Å². The predicted molar refractivity (Wildman–Crippen MR) is 84.1 cm³/mol. The normalized spacial score (nSPS) is 15.6. The lowest BCUT2D eigenvalue weighted by Crippen LogP contribution is -2.21. The summed E-state index contributed by atoms with van der Waals surface area (Å²) in [5, 5.41) is 10.4. The van der Waals surface area contributed by atoms with Gasteiger partial charge < -0.3 is 9.84 Å². The standard InChI is InChI=1S/C16H26O2Si/c1-5-18-15(12-9-13-19(2,3)4)16(17)14-10-7-6-8-11-14/h6-12,15-17H,5,13H2,1-4H3/b12-9+/t15-,16+/m1/s1. The van der Waals surface area contributed by atoms with Gasteiger partial charge in [0.15, 0.2) is 0 Å². The largest absolute Gasteiger partial charge is 0.385 e. The van der Waals surface area contributed by atoms with Gasteiger partial charge in [0.2, 0.25) is 0 Å². The van der Waals surface area contributed by atoms with Crippen LogP contribution in [0.3, 0.4) is 0 Å². The summed E-state index contributed by atoms with van der Waals surface area (Å²) in [6, 6.07) is 10.8. The van der Waals surface area contributed by atoms with Gasteiger partial charge in [-0.25, -0.2) is 0 Å². The van der Waals surface area contributed by atoms with Crippen molar-refractivity contribution in [3.8, 4) is 0 Å². The van der Waals surface area contributed by atoms with Crippen LogP contribution in [0.1, 0.15) is 18.6 Å². The number of hydrogen-bond acceptors (Lipinski definition) is 2. The van der Waals surface area contributed by atoms with E-state index in [-0.39, 0.29) is 6.10 Å². The van der Waals surface area contributed by atoms with Crippen molar-refractivity contribution >= 4 is 8.07 Å². The molecule has 1 aromatic carbocycles. The first kappa shape index (κ1) is 16.2. The Morgan fingerprint density at radius 2 is 1.84 bits per heavy atom. The minimum Gasteiger partial charge on any atom is -0.385 e. The molecule has 0 bridgehead atoms. The maximum atomic E-state index is 10.4. The van der Waals surface area contributed by atoms with Gasteiger partial charge in [-0.1, -0.05) is 62.1 Å². The predicted octanol–water partition coefficient (Wildman–Crippen LogP) is 4.02. The van der Waals surface area contributed by atoms with Crippen LogP contribution in [0.25, 0.3) is 0 Å². The number of allylic oxidation sites excluding steroid dienone is 1. The average Bonchev–Trinajstić information content (AvgIpc) is 2.36. The summed E-state index contributed by atoms with van der Waals surface area (Å²) in [7, 11) is -1.09. The van der Waals surface area contributed by atoms with Crippen molar-refractivity contribution in [2.24, 2.45) is 0 Å². The van der Waals surface area contributed by atoms with Crippen LogP contribution in [0.4, 0.5) is 0 Å². The summed E-state index contributed by atoms with van der Waals surface area (Å²) >= 11 is 0. The van der Waals surface area contributed by atoms with Crippen molar-refractivity contribution in [2.75, 3.05) is 6.61 Å². The van der Waals surface area contributed by atoms with Gasteiger partial charge in [0.05, 0.1) is 0 Å². The van der Waals surface area contributed by atoms with E-state index < -0.39 is 14.2 Å². The molecule has 0 aromatic heterocycles. The van der Waals surface area contributed by atoms with E-state index in [1.807, 2.05) is 43.3 Å². The van der Waals surface area contributed by atoms with E-state index in [1.54, 1.807) is 0 Å². The molecule has 0 saturated heterocycles. The lowest BCUT2D eigenvalue weighted by molar-refractivity contribution is -0.00581. The smallest absolute Gasteiger partial charge is 0.109 e. The Morgan fingerprint density at radius 1 is 1.21 bits per heavy atom. The van der Waals surface area contributed by atoms with Gasteiger partial charge in [-0.2, -0.15) is 0 Å². The molecule has 1 aromatic rings. The van der Waals surface area contributed by atoms with Crippen LogP contribution in [0.5, 0.6) is 0 Å². The maximum absolute atomic E-state index is 10.4. The Labute approximate surface area is 118 Å². The molecule has 0 spiro atoms. The molecule has 0 amide bonds. The highest BCUT2D eigenvalue weighted by Crippen LogP contribution is 2.21. The highest BCUT2D eigenvalue weighted by molar-refractivity contribution is 6.76. The number of rotatable bonds is 7. The summed E-state index contributed by atoms with van der Waals surface area (Å²) in [5.41, 5.74) is 0.901. The zero-order valence-corrected chi connectivity index (χ0v) is 13.5. The maximum Gasteiger partial charge on any atom is 0.109 e. The number of hydrogen-bond donors (Lipinski definition) is 1. The summed E-state index contributed by atoms with van der Waals surface area (Å²) in [4.78, 5) is 0. The van der Waals surface area contributed by atoms with Gasteiger partial charge in [0.25, 0.3) is 0 Å². The van der Waals surface area contributed by atoms with Crippen LogP contribution in [-0.2, 0) is 4.74 Å². The fraction of sp³-hybridized carbons (Fsp3) is 0.500. The summed E-state index contributed by atoms with van der Waals surface area (Å²) in [6.07, 6.45) is 3.32. The Bertz CT molecular complexity index is 381. The van der Waals surface area contributed by atoms with Gasteiger partial charge in [0.1, 0.15) is 12.2 Å². The Kier molecular flexibility index (Phi) is 6.49. The molecule has 0 aliphatic heterocycles. The van der Waals surface area contributed by atoms with Crippen molar-refractivity contribution < 1.29 is 9.84 Å². The third-order valence-electron chi connectivity index (χ3n) is 2.87. The molecule has 0 saturated carbocycles. The SMILES string of the molecule is CCO[C@H](/C=C/C[Si](C)(C)C)[C@@H](O)c1ccccc1. The van der Waals surface area contributed by atoms with E-state index in [4.69, 9.17) is 4.74 Å². The minimum absolute atomic E-state index is 0.260. The summed E-state index contributed by atoms with van der Waals surface area (Å²) in [6.45, 7) is 9.56. The molecular formula is C16H26O2Si. The Balaban J connectivity index is 2.71. The van der Waals surface area contributed by atoms with Crippen molar-refractivity contribution in [2.45, 2.75) is 44.8 Å². The van der Waals surface area contributed by atoms with Gasteiger partial charge in [-0.05, 0) is 18.5 Å². The molecule has 0 fully saturated rings. The third-order valence-corrected chi connectivity index (χ3v) is 4.33. The van der Waals surface area contributed by atoms with E-state index in [2.05, 4.69) is 25.7 Å². The number of aliphatic hydroxyl groups excluding tert-OH is 1. The van der Waals surface area contributed by atoms with Crippen molar-refractivity contribution in [3.63, 3.8) is 0 Å². The highest BCUT2D eigenvalue weighted by Gasteiger charge is 2.19. The topological polar surface area (TPSA) is 29.5 Å². The number of ether oxygens (including phenoxy) is 1. The minimum atomic E-state index is -1.09. The van der Waals surface area contributed by atoms with Gasteiger partial charge in [-0.3, -0.25) is 0 Å². The van der Waals surface area contributed by atoms with Gasteiger partial charge in [-0.15, -0.1) is 0 Å². The second kappa shape index (κ2) is 7.63. The highest BCUT2D eigenvalue weighted by atomic mass is 28.3. The third kappa shape index (κ3) is 6.19. The first-order valence-electron chi connectivity index (χ1n) is 6.95. The molecule has 2 nitrogen and oxygen atoms in total. The first-order valence-corrected chi connectivity index (χ1v) is 10.7. The fourth-order valence-electron chi connectivity index (χ4n) is 1.84. The molecule has 0 aliphatic rings. The molecular weight excluding hydrogens is 252 g/mol. The number of aliphatic hydroxyl groups is 1. The molecule has 1 N–H and O–H groups in total. The molecule has 3 heteroatoms. The Morgan fingerprint density at radius 3 is 2.37 bits per heavy atom. The molecule has 0 aliphatic carbocycles. The van der Waals surface area contributed by atoms with Crippen LogP contribution in [0.15, 0.2) is 42.5 Å². The first-order chi connectivity index (χ1) is 8.94. The van der Waals surface area contributed by atoms with E-state index in [0.29, 0.717) is 6.61 Å². The second-order valence-corrected chi connectivity index (χ2v) is 11.5. The molecule has 0 heterocycles. The zero-order valence-electron chi connectivity index (χ0n) is 12.5. The molecule has 106 valence electrons. The van der Waals surface area contributed by atoms with Crippen LogP contribution < -0.4 is 0 Å². The lowest BCUT2D eigenvalue weighted by Gasteiger charge is -2.21. The van der Waals surface area contributed by atoms with Gasteiger partial charge >= 0.3 is 0 Å². The van der Waals surface area contributed by atoms with E-state index in [1.165, 1.54) is 0 Å². The fourth-order valence-corrected chi connectivity index (χ4v) is 2.68. The second-order valence-electron chi connectivity index (χ2n) is 5.97. The number of benzene rings is 1. The van der Waals surface area contributed by atoms with Crippen LogP contribution in [0, 0.1) is 0 Å².